The highest BCUT2D eigenvalue weighted by Gasteiger charge is 2.15. The van der Waals surface area contributed by atoms with Crippen LogP contribution in [-0.2, 0) is 4.74 Å². The van der Waals surface area contributed by atoms with Crippen LogP contribution in [0.1, 0.15) is 17.3 Å². The third kappa shape index (κ3) is 3.29. The highest BCUT2D eigenvalue weighted by Crippen LogP contribution is 2.36. The molecule has 4 heteroatoms. The molecule has 0 radical (unpaired) electrons. The van der Waals surface area contributed by atoms with E-state index in [-0.39, 0.29) is 17.9 Å². The smallest absolute Gasteiger partial charge is 0.341 e. The first-order valence-electron chi connectivity index (χ1n) is 5.94. The number of aromatic hydroxyl groups is 1. The molecule has 0 bridgehead atoms. The van der Waals surface area contributed by atoms with Crippen molar-refractivity contribution < 1.29 is 14.6 Å². The number of hydrogen-bond donors (Lipinski definition) is 1. The number of rotatable bonds is 4. The molecule has 2 aromatic rings. The van der Waals surface area contributed by atoms with E-state index in [4.69, 9.17) is 4.74 Å². The van der Waals surface area contributed by atoms with Crippen LogP contribution < -0.4 is 0 Å². The van der Waals surface area contributed by atoms with E-state index in [1.54, 1.807) is 25.1 Å². The summed E-state index contributed by atoms with van der Waals surface area (Å²) in [5, 5.41) is 10.1. The summed E-state index contributed by atoms with van der Waals surface area (Å²) in [5.41, 5.74) is 0.197. The van der Waals surface area contributed by atoms with Crippen LogP contribution in [0.15, 0.2) is 58.3 Å². The van der Waals surface area contributed by atoms with Gasteiger partial charge in [-0.25, -0.2) is 4.79 Å². The number of phenols is 1. The minimum Gasteiger partial charge on any atom is -0.506 e. The Labute approximate surface area is 116 Å². The number of carbonyl (C=O) groups is 1. The summed E-state index contributed by atoms with van der Waals surface area (Å²) in [7, 11) is 0. The van der Waals surface area contributed by atoms with Gasteiger partial charge in [-0.2, -0.15) is 0 Å². The maximum Gasteiger partial charge on any atom is 0.341 e. The zero-order chi connectivity index (χ0) is 13.7. The predicted octanol–water partition coefficient (Wildman–Crippen LogP) is 3.72. The van der Waals surface area contributed by atoms with Gasteiger partial charge in [-0.05, 0) is 31.2 Å². The van der Waals surface area contributed by atoms with Gasteiger partial charge in [0.1, 0.15) is 11.3 Å². The molecule has 19 heavy (non-hydrogen) atoms. The third-order valence-electron chi connectivity index (χ3n) is 2.47. The standard InChI is InChI=1S/C15H14O3S/c1-2-18-15(17)12-9-6-10-13(14(12)16)19-11-7-4-3-5-8-11/h3-10,16H,2H2,1H3. The second-order valence-corrected chi connectivity index (χ2v) is 4.90. The van der Waals surface area contributed by atoms with Crippen LogP contribution in [-0.4, -0.2) is 17.7 Å². The molecular formula is C15H14O3S. The quantitative estimate of drug-likeness (QED) is 0.863. The molecule has 0 heterocycles. The maximum absolute atomic E-state index is 11.7. The van der Waals surface area contributed by atoms with Crippen molar-refractivity contribution >= 4 is 17.7 Å². The first kappa shape index (κ1) is 13.5. The van der Waals surface area contributed by atoms with Crippen LogP contribution in [0.25, 0.3) is 0 Å². The van der Waals surface area contributed by atoms with E-state index >= 15 is 0 Å². The van der Waals surface area contributed by atoms with Crippen molar-refractivity contribution in [2.75, 3.05) is 6.61 Å². The van der Waals surface area contributed by atoms with Crippen molar-refractivity contribution in [3.63, 3.8) is 0 Å². The molecule has 0 fully saturated rings. The van der Waals surface area contributed by atoms with Crippen LogP contribution in [0.2, 0.25) is 0 Å². The third-order valence-corrected chi connectivity index (χ3v) is 3.52. The largest absolute Gasteiger partial charge is 0.506 e. The Morgan fingerprint density at radius 1 is 1.16 bits per heavy atom. The topological polar surface area (TPSA) is 46.5 Å². The number of benzene rings is 2. The van der Waals surface area contributed by atoms with Crippen molar-refractivity contribution in [2.24, 2.45) is 0 Å². The minimum absolute atomic E-state index is 0.0326. The number of ether oxygens (including phenoxy) is 1. The van der Waals surface area contributed by atoms with Crippen LogP contribution in [0.4, 0.5) is 0 Å². The van der Waals surface area contributed by atoms with Crippen molar-refractivity contribution in [1.82, 2.24) is 0 Å². The van der Waals surface area contributed by atoms with Crippen LogP contribution in [0.3, 0.4) is 0 Å². The highest BCUT2D eigenvalue weighted by atomic mass is 32.2. The fraction of sp³-hybridized carbons (Fsp3) is 0.133. The summed E-state index contributed by atoms with van der Waals surface area (Å²) in [4.78, 5) is 13.3. The molecule has 0 saturated carbocycles. The summed E-state index contributed by atoms with van der Waals surface area (Å²) in [6, 6.07) is 14.7. The van der Waals surface area contributed by atoms with Crippen LogP contribution in [0.5, 0.6) is 5.75 Å². The van der Waals surface area contributed by atoms with Gasteiger partial charge in [-0.15, -0.1) is 0 Å². The average molecular weight is 274 g/mol. The van der Waals surface area contributed by atoms with E-state index in [9.17, 15) is 9.90 Å². The molecule has 0 saturated heterocycles. The first-order chi connectivity index (χ1) is 9.22. The second-order valence-electron chi connectivity index (χ2n) is 3.79. The van der Waals surface area contributed by atoms with E-state index in [1.165, 1.54) is 11.8 Å². The van der Waals surface area contributed by atoms with Crippen molar-refractivity contribution in [3.05, 3.63) is 54.1 Å². The molecule has 0 aliphatic heterocycles. The number of esters is 1. The minimum atomic E-state index is -0.504. The van der Waals surface area contributed by atoms with Crippen LogP contribution >= 0.6 is 11.8 Å². The molecule has 2 aromatic carbocycles. The summed E-state index contributed by atoms with van der Waals surface area (Å²) in [6.45, 7) is 2.02. The molecule has 0 spiro atoms. The monoisotopic (exact) mass is 274 g/mol. The molecule has 0 unspecified atom stereocenters. The molecule has 2 rings (SSSR count). The molecule has 3 nitrogen and oxygen atoms in total. The molecule has 0 atom stereocenters. The molecular weight excluding hydrogens is 260 g/mol. The average Bonchev–Trinajstić information content (AvgIpc) is 2.42. The Balaban J connectivity index is 2.27. The van der Waals surface area contributed by atoms with Gasteiger partial charge in [0.15, 0.2) is 0 Å². The van der Waals surface area contributed by atoms with Crippen molar-refractivity contribution in [1.29, 1.82) is 0 Å². The molecule has 0 amide bonds. The van der Waals surface area contributed by atoms with Gasteiger partial charge in [0.05, 0.1) is 11.5 Å². The maximum atomic E-state index is 11.7. The summed E-state index contributed by atoms with van der Waals surface area (Å²) in [5.74, 6) is -0.537. The fourth-order valence-corrected chi connectivity index (χ4v) is 2.49. The van der Waals surface area contributed by atoms with Gasteiger partial charge in [0.25, 0.3) is 0 Å². The van der Waals surface area contributed by atoms with E-state index in [0.29, 0.717) is 4.90 Å². The van der Waals surface area contributed by atoms with Gasteiger partial charge in [-0.3, -0.25) is 0 Å². The summed E-state index contributed by atoms with van der Waals surface area (Å²) < 4.78 is 4.91. The number of hydrogen-bond acceptors (Lipinski definition) is 4. The molecule has 0 aliphatic rings. The summed E-state index contributed by atoms with van der Waals surface area (Å²) >= 11 is 1.41. The van der Waals surface area contributed by atoms with Gasteiger partial charge in [0, 0.05) is 4.90 Å². The van der Waals surface area contributed by atoms with Gasteiger partial charge in [-0.1, -0.05) is 36.0 Å². The second kappa shape index (κ2) is 6.29. The number of para-hydroxylation sites is 1. The molecule has 0 aliphatic carbocycles. The predicted molar refractivity (Wildman–Crippen MR) is 74.6 cm³/mol. The van der Waals surface area contributed by atoms with E-state index < -0.39 is 5.97 Å². The lowest BCUT2D eigenvalue weighted by molar-refractivity contribution is 0.0522. The molecule has 98 valence electrons. The fourth-order valence-electron chi connectivity index (χ4n) is 1.59. The molecule has 0 aromatic heterocycles. The Morgan fingerprint density at radius 3 is 2.58 bits per heavy atom. The Bertz CT molecular complexity index is 567. The van der Waals surface area contributed by atoms with Crippen molar-refractivity contribution in [3.8, 4) is 5.75 Å². The Kier molecular flexibility index (Phi) is 4.47. The Hall–Kier alpha value is -1.94. The number of carbonyl (C=O) groups excluding carboxylic acids is 1. The lowest BCUT2D eigenvalue weighted by Crippen LogP contribution is -2.05. The van der Waals surface area contributed by atoms with Gasteiger partial charge < -0.3 is 9.84 Å². The molecule has 1 N–H and O–H groups in total. The zero-order valence-electron chi connectivity index (χ0n) is 10.5. The van der Waals surface area contributed by atoms with E-state index in [0.717, 1.165) is 4.90 Å². The van der Waals surface area contributed by atoms with E-state index in [1.807, 2.05) is 30.3 Å². The summed E-state index contributed by atoms with van der Waals surface area (Å²) in [6.07, 6.45) is 0. The lowest BCUT2D eigenvalue weighted by Gasteiger charge is -2.08. The van der Waals surface area contributed by atoms with Crippen molar-refractivity contribution in [2.45, 2.75) is 16.7 Å². The first-order valence-corrected chi connectivity index (χ1v) is 6.76. The highest BCUT2D eigenvalue weighted by molar-refractivity contribution is 7.99. The SMILES string of the molecule is CCOC(=O)c1cccc(Sc2ccccc2)c1O. The van der Waals surface area contributed by atoms with Gasteiger partial charge in [0.2, 0.25) is 0 Å². The lowest BCUT2D eigenvalue weighted by atomic mass is 10.2. The van der Waals surface area contributed by atoms with E-state index in [2.05, 4.69) is 0 Å². The van der Waals surface area contributed by atoms with Crippen LogP contribution in [0, 0.1) is 0 Å². The Morgan fingerprint density at radius 2 is 1.89 bits per heavy atom. The normalized spacial score (nSPS) is 10.2. The number of phenolic OH excluding ortho intramolecular Hbond substituents is 1. The zero-order valence-corrected chi connectivity index (χ0v) is 11.3. The van der Waals surface area contributed by atoms with Gasteiger partial charge >= 0.3 is 5.97 Å².